The molecule has 0 aliphatic heterocycles. The summed E-state index contributed by atoms with van der Waals surface area (Å²) < 4.78 is 11.4. The zero-order chi connectivity index (χ0) is 5.54. The molecular formula is C5H11FSe. The molecule has 7 heavy (non-hydrogen) atoms. The summed E-state index contributed by atoms with van der Waals surface area (Å²) in [5, 5.41) is 0.820. The predicted octanol–water partition coefficient (Wildman–Crippen LogP) is 2.18. The van der Waals surface area contributed by atoms with E-state index in [1.807, 2.05) is 0 Å². The molecule has 0 aromatic heterocycles. The van der Waals surface area contributed by atoms with E-state index < -0.39 is 15.4 Å². The molecule has 0 atom stereocenters. The summed E-state index contributed by atoms with van der Waals surface area (Å²) in [5.41, 5.74) is 0. The van der Waals surface area contributed by atoms with Crippen LogP contribution >= 0.6 is 0 Å². The van der Waals surface area contributed by atoms with Crippen LogP contribution in [0, 0.1) is 0 Å². The number of halogens is 1. The van der Waals surface area contributed by atoms with Crippen LogP contribution in [0.25, 0.3) is 0 Å². The summed E-state index contributed by atoms with van der Waals surface area (Å²) in [7, 11) is 0. The van der Waals surface area contributed by atoms with Crippen LogP contribution in [0.15, 0.2) is 0 Å². The molecule has 0 heterocycles. The van der Waals surface area contributed by atoms with Gasteiger partial charge in [-0.1, -0.05) is 0 Å². The van der Waals surface area contributed by atoms with E-state index in [0.717, 1.165) is 11.7 Å². The van der Waals surface area contributed by atoms with Gasteiger partial charge in [0.15, 0.2) is 0 Å². The van der Waals surface area contributed by atoms with Gasteiger partial charge in [0, 0.05) is 0 Å². The molecule has 0 spiro atoms. The Morgan fingerprint density at radius 3 is 2.57 bits per heavy atom. The zero-order valence-electron chi connectivity index (χ0n) is 4.61. The van der Waals surface area contributed by atoms with E-state index in [-0.39, 0.29) is 0 Å². The summed E-state index contributed by atoms with van der Waals surface area (Å²) in [4.78, 5) is 0. The van der Waals surface area contributed by atoms with Crippen molar-refractivity contribution in [2.75, 3.05) is 0 Å². The monoisotopic (exact) mass is 170 g/mol. The van der Waals surface area contributed by atoms with Crippen molar-refractivity contribution < 1.29 is 3.55 Å². The fourth-order valence-electron chi connectivity index (χ4n) is 0.407. The molecule has 0 saturated heterocycles. The molecule has 0 aromatic carbocycles. The molecule has 0 aliphatic rings. The minimum atomic E-state index is -0.574. The van der Waals surface area contributed by atoms with Crippen LogP contribution < -0.4 is 0 Å². The SMILES string of the molecule is CCCCC[Se]F. The second-order valence-corrected chi connectivity index (χ2v) is 2.83. The Morgan fingerprint density at radius 2 is 2.14 bits per heavy atom. The van der Waals surface area contributed by atoms with Gasteiger partial charge in [0.05, 0.1) is 0 Å². The van der Waals surface area contributed by atoms with Gasteiger partial charge >= 0.3 is 50.5 Å². The van der Waals surface area contributed by atoms with E-state index in [9.17, 15) is 3.55 Å². The van der Waals surface area contributed by atoms with Crippen LogP contribution in [0.4, 0.5) is 3.55 Å². The van der Waals surface area contributed by atoms with Crippen molar-refractivity contribution in [3.8, 4) is 0 Å². The van der Waals surface area contributed by atoms with Gasteiger partial charge in [0.25, 0.3) is 0 Å². The van der Waals surface area contributed by atoms with Crippen molar-refractivity contribution in [3.05, 3.63) is 0 Å². The number of hydrogen-bond acceptors (Lipinski definition) is 0. The molecule has 0 aromatic rings. The molecule has 0 N–H and O–H groups in total. The van der Waals surface area contributed by atoms with Gasteiger partial charge in [0.1, 0.15) is 0 Å². The molecule has 0 fully saturated rings. The predicted molar refractivity (Wildman–Crippen MR) is 31.2 cm³/mol. The van der Waals surface area contributed by atoms with Crippen molar-refractivity contribution in [2.24, 2.45) is 0 Å². The molecule has 0 unspecified atom stereocenters. The van der Waals surface area contributed by atoms with Gasteiger partial charge in [-0.15, -0.1) is 0 Å². The molecule has 0 nitrogen and oxygen atoms in total. The van der Waals surface area contributed by atoms with Crippen molar-refractivity contribution in [2.45, 2.75) is 31.5 Å². The minimum absolute atomic E-state index is 0.574. The van der Waals surface area contributed by atoms with Gasteiger partial charge in [-0.3, -0.25) is 0 Å². The van der Waals surface area contributed by atoms with Crippen molar-refractivity contribution in [3.63, 3.8) is 0 Å². The summed E-state index contributed by atoms with van der Waals surface area (Å²) in [6, 6.07) is 0. The van der Waals surface area contributed by atoms with E-state index in [0.29, 0.717) is 0 Å². The van der Waals surface area contributed by atoms with Gasteiger partial charge in [-0.05, 0) is 0 Å². The molecule has 0 radical (unpaired) electrons. The second-order valence-electron chi connectivity index (χ2n) is 1.52. The van der Waals surface area contributed by atoms with Gasteiger partial charge < -0.3 is 0 Å². The third-order valence-electron chi connectivity index (χ3n) is 0.825. The van der Waals surface area contributed by atoms with Crippen LogP contribution in [0.5, 0.6) is 0 Å². The first-order valence-corrected chi connectivity index (χ1v) is 4.51. The standard InChI is InChI=1S/C5H11FSe/c1-2-3-4-5-7-6/h2-5H2,1H3. The average Bonchev–Trinajstić information content (AvgIpc) is 1.69. The van der Waals surface area contributed by atoms with Crippen molar-refractivity contribution in [1.82, 2.24) is 0 Å². The Hall–Kier alpha value is 0.449. The number of rotatable bonds is 4. The first kappa shape index (κ1) is 7.45. The summed E-state index contributed by atoms with van der Waals surface area (Å²) in [5.74, 6) is 0. The van der Waals surface area contributed by atoms with E-state index >= 15 is 0 Å². The normalized spacial score (nSPS) is 9.43. The van der Waals surface area contributed by atoms with Crippen LogP contribution in [0.2, 0.25) is 5.32 Å². The van der Waals surface area contributed by atoms with E-state index in [2.05, 4.69) is 6.92 Å². The Balaban J connectivity index is 2.45. The second kappa shape index (κ2) is 6.45. The molecule has 0 rings (SSSR count). The molecule has 44 valence electrons. The molecule has 0 bridgehead atoms. The fourth-order valence-corrected chi connectivity index (χ4v) is 1.06. The number of hydrogen-bond donors (Lipinski definition) is 0. The van der Waals surface area contributed by atoms with Gasteiger partial charge in [0.2, 0.25) is 0 Å². The van der Waals surface area contributed by atoms with Crippen LogP contribution in [-0.4, -0.2) is 15.4 Å². The number of unbranched alkanes of at least 4 members (excludes halogenated alkanes) is 2. The summed E-state index contributed by atoms with van der Waals surface area (Å²) >= 11 is -0.574. The molecule has 0 amide bonds. The molecular weight excluding hydrogens is 158 g/mol. The van der Waals surface area contributed by atoms with Crippen LogP contribution in [-0.2, 0) is 0 Å². The Bertz CT molecular complexity index is 27.3. The Labute approximate surface area is 51.1 Å². The van der Waals surface area contributed by atoms with E-state index in [1.54, 1.807) is 0 Å². The molecule has 2 heteroatoms. The van der Waals surface area contributed by atoms with Gasteiger partial charge in [-0.2, -0.15) is 0 Å². The van der Waals surface area contributed by atoms with Crippen molar-refractivity contribution in [1.29, 1.82) is 0 Å². The summed E-state index contributed by atoms with van der Waals surface area (Å²) in [6.07, 6.45) is 3.49. The summed E-state index contributed by atoms with van der Waals surface area (Å²) in [6.45, 7) is 2.13. The van der Waals surface area contributed by atoms with E-state index in [4.69, 9.17) is 0 Å². The maximum atomic E-state index is 11.4. The van der Waals surface area contributed by atoms with Crippen molar-refractivity contribution >= 4 is 15.4 Å². The molecule has 0 aliphatic carbocycles. The zero-order valence-corrected chi connectivity index (χ0v) is 6.33. The third-order valence-corrected chi connectivity index (χ3v) is 1.75. The van der Waals surface area contributed by atoms with Crippen LogP contribution in [0.3, 0.4) is 0 Å². The van der Waals surface area contributed by atoms with Crippen LogP contribution in [0.1, 0.15) is 26.2 Å². The Kier molecular flexibility index (Phi) is 6.86. The Morgan fingerprint density at radius 1 is 1.43 bits per heavy atom. The fraction of sp³-hybridized carbons (Fsp3) is 1.00. The first-order valence-electron chi connectivity index (χ1n) is 2.65. The third kappa shape index (κ3) is 6.45. The average molecular weight is 169 g/mol. The van der Waals surface area contributed by atoms with Gasteiger partial charge in [-0.25, -0.2) is 0 Å². The molecule has 0 saturated carbocycles. The van der Waals surface area contributed by atoms with E-state index in [1.165, 1.54) is 12.8 Å². The topological polar surface area (TPSA) is 0 Å². The first-order chi connectivity index (χ1) is 3.41. The quantitative estimate of drug-likeness (QED) is 0.447. The maximum absolute atomic E-state index is 11.4.